The summed E-state index contributed by atoms with van der Waals surface area (Å²) in [5, 5.41) is 15.0. The number of aliphatic hydroxyl groups is 1. The van der Waals surface area contributed by atoms with E-state index in [4.69, 9.17) is 4.98 Å². The molecule has 6 aromatic rings. The third kappa shape index (κ3) is 3.81. The SMILES string of the molecule is O=S(=O)(c1ccccc1)n1cc(-c2csc(-c3cccc([C@]4(O)CCc5ccncc54)c3)n2)c2cccnc21. The summed E-state index contributed by atoms with van der Waals surface area (Å²) in [5.41, 5.74) is 4.26. The molecule has 7 nitrogen and oxygen atoms in total. The van der Waals surface area contributed by atoms with E-state index in [1.165, 1.54) is 15.3 Å². The molecule has 0 saturated carbocycles. The number of rotatable bonds is 5. The minimum Gasteiger partial charge on any atom is -0.380 e. The van der Waals surface area contributed by atoms with E-state index >= 15 is 0 Å². The van der Waals surface area contributed by atoms with Crippen LogP contribution in [0.5, 0.6) is 0 Å². The predicted octanol–water partition coefficient (Wildman–Crippen LogP) is 5.64. The number of aryl methyl sites for hydroxylation is 1. The number of thiazole rings is 1. The number of nitrogens with zero attached hydrogens (tertiary/aromatic N) is 4. The minimum absolute atomic E-state index is 0.191. The Bertz CT molecular complexity index is 1970. The van der Waals surface area contributed by atoms with Crippen molar-refractivity contribution in [3.8, 4) is 21.8 Å². The number of pyridine rings is 2. The van der Waals surface area contributed by atoms with E-state index in [1.807, 2.05) is 41.8 Å². The third-order valence-corrected chi connectivity index (χ3v) is 9.87. The van der Waals surface area contributed by atoms with Gasteiger partial charge in [0.15, 0.2) is 5.65 Å². The van der Waals surface area contributed by atoms with Crippen LogP contribution in [-0.4, -0.2) is 32.4 Å². The van der Waals surface area contributed by atoms with Gasteiger partial charge in [-0.05, 0) is 60.4 Å². The van der Waals surface area contributed by atoms with Crippen LogP contribution < -0.4 is 0 Å². The molecule has 1 aliphatic carbocycles. The quantitative estimate of drug-likeness (QED) is 0.298. The van der Waals surface area contributed by atoms with E-state index in [0.717, 1.165) is 33.7 Å². The molecule has 0 bridgehead atoms. The fourth-order valence-electron chi connectivity index (χ4n) is 5.33. The molecule has 0 spiro atoms. The van der Waals surface area contributed by atoms with Crippen molar-refractivity contribution >= 4 is 32.4 Å². The van der Waals surface area contributed by atoms with Crippen LogP contribution in [0, 0.1) is 0 Å². The second-order valence-electron chi connectivity index (χ2n) is 9.54. The van der Waals surface area contributed by atoms with Crippen molar-refractivity contribution in [1.29, 1.82) is 0 Å². The predicted molar refractivity (Wildman–Crippen MR) is 151 cm³/mol. The van der Waals surface area contributed by atoms with Crippen LogP contribution >= 0.6 is 11.3 Å². The standard InChI is InChI=1S/C30H22N4O3S2/c35-30(13-11-20-12-15-31-17-26(20)30)22-7-4-6-21(16-22)29-33-27(19-38-29)25-18-34(28-24(25)10-5-14-32-28)39(36,37)23-8-2-1-3-9-23/h1-10,12,14-19,35H,11,13H2/t30-/m1/s1. The van der Waals surface area contributed by atoms with Crippen LogP contribution in [0.3, 0.4) is 0 Å². The number of benzene rings is 2. The largest absolute Gasteiger partial charge is 0.380 e. The topological polar surface area (TPSA) is 98.0 Å². The normalized spacial score (nSPS) is 16.9. The van der Waals surface area contributed by atoms with Gasteiger partial charge in [0.2, 0.25) is 0 Å². The highest BCUT2D eigenvalue weighted by molar-refractivity contribution is 7.90. The van der Waals surface area contributed by atoms with Crippen LogP contribution in [0.25, 0.3) is 32.9 Å². The van der Waals surface area contributed by atoms with Gasteiger partial charge < -0.3 is 5.11 Å². The zero-order chi connectivity index (χ0) is 26.6. The highest BCUT2D eigenvalue weighted by Gasteiger charge is 2.38. The zero-order valence-corrected chi connectivity index (χ0v) is 22.2. The summed E-state index contributed by atoms with van der Waals surface area (Å²) >= 11 is 1.47. The maximum absolute atomic E-state index is 13.5. The molecule has 0 unspecified atom stereocenters. The van der Waals surface area contributed by atoms with Crippen LogP contribution in [0.1, 0.15) is 23.1 Å². The van der Waals surface area contributed by atoms with Crippen LogP contribution in [-0.2, 0) is 22.0 Å². The summed E-state index contributed by atoms with van der Waals surface area (Å²) in [6.07, 6.45) is 8.09. The Hall–Kier alpha value is -4.18. The van der Waals surface area contributed by atoms with E-state index in [9.17, 15) is 13.5 Å². The monoisotopic (exact) mass is 550 g/mol. The average molecular weight is 551 g/mol. The van der Waals surface area contributed by atoms with Crippen LogP contribution in [0.4, 0.5) is 0 Å². The van der Waals surface area contributed by atoms with Gasteiger partial charge >= 0.3 is 0 Å². The molecule has 39 heavy (non-hydrogen) atoms. The molecule has 192 valence electrons. The molecule has 1 N–H and O–H groups in total. The van der Waals surface area contributed by atoms with Crippen LogP contribution in [0.15, 0.2) is 108 Å². The highest BCUT2D eigenvalue weighted by atomic mass is 32.2. The van der Waals surface area contributed by atoms with Crippen molar-refractivity contribution in [2.75, 3.05) is 0 Å². The summed E-state index contributed by atoms with van der Waals surface area (Å²) < 4.78 is 28.2. The maximum Gasteiger partial charge on any atom is 0.269 e. The third-order valence-electron chi connectivity index (χ3n) is 7.31. The molecule has 0 aliphatic heterocycles. The number of hydrogen-bond donors (Lipinski definition) is 1. The average Bonchev–Trinajstić information content (AvgIpc) is 3.70. The second-order valence-corrected chi connectivity index (χ2v) is 12.2. The number of aromatic nitrogens is 4. The summed E-state index contributed by atoms with van der Waals surface area (Å²) in [6.45, 7) is 0. The first-order valence-corrected chi connectivity index (χ1v) is 14.8. The Morgan fingerprint density at radius 2 is 1.85 bits per heavy atom. The van der Waals surface area contributed by atoms with Gasteiger partial charge in [0.1, 0.15) is 10.6 Å². The lowest BCUT2D eigenvalue weighted by atomic mass is 9.88. The lowest BCUT2D eigenvalue weighted by Crippen LogP contribution is -2.24. The van der Waals surface area contributed by atoms with Gasteiger partial charge in [-0.3, -0.25) is 4.98 Å². The molecule has 1 atom stereocenters. The Morgan fingerprint density at radius 1 is 0.974 bits per heavy atom. The van der Waals surface area contributed by atoms with E-state index in [-0.39, 0.29) is 4.90 Å². The van der Waals surface area contributed by atoms with Gasteiger partial charge in [0.05, 0.1) is 10.6 Å². The van der Waals surface area contributed by atoms with Crippen molar-refractivity contribution in [2.24, 2.45) is 0 Å². The molecule has 4 heterocycles. The Kier molecular flexibility index (Phi) is 5.48. The lowest BCUT2D eigenvalue weighted by Gasteiger charge is -2.24. The summed E-state index contributed by atoms with van der Waals surface area (Å²) in [7, 11) is -3.85. The van der Waals surface area contributed by atoms with Crippen LogP contribution in [0.2, 0.25) is 0 Å². The Labute approximate surface area is 229 Å². The molecule has 2 aromatic carbocycles. The fraction of sp³-hybridized carbons (Fsp3) is 0.100. The van der Waals surface area contributed by atoms with Gasteiger partial charge in [-0.15, -0.1) is 11.3 Å². The molecule has 0 saturated heterocycles. The molecular weight excluding hydrogens is 528 g/mol. The highest BCUT2D eigenvalue weighted by Crippen LogP contribution is 2.43. The Balaban J connectivity index is 1.30. The van der Waals surface area contributed by atoms with E-state index in [1.54, 1.807) is 61.2 Å². The summed E-state index contributed by atoms with van der Waals surface area (Å²) in [4.78, 5) is 13.7. The minimum atomic E-state index is -3.85. The number of hydrogen-bond acceptors (Lipinski definition) is 7. The van der Waals surface area contributed by atoms with Gasteiger partial charge in [0.25, 0.3) is 10.0 Å². The molecule has 7 rings (SSSR count). The lowest BCUT2D eigenvalue weighted by molar-refractivity contribution is 0.0827. The van der Waals surface area contributed by atoms with Gasteiger partial charge in [-0.2, -0.15) is 0 Å². The molecule has 0 amide bonds. The fourth-order valence-corrected chi connectivity index (χ4v) is 7.49. The molecule has 1 aliphatic rings. The molecular formula is C30H22N4O3S2. The first-order valence-electron chi connectivity index (χ1n) is 12.4. The number of fused-ring (bicyclic) bond motifs is 2. The smallest absolute Gasteiger partial charge is 0.269 e. The maximum atomic E-state index is 13.5. The van der Waals surface area contributed by atoms with Crippen molar-refractivity contribution in [3.05, 3.63) is 120 Å². The first-order chi connectivity index (χ1) is 18.9. The molecule has 0 radical (unpaired) electrons. The molecule has 0 fully saturated rings. The van der Waals surface area contributed by atoms with Crippen molar-refractivity contribution in [2.45, 2.75) is 23.3 Å². The summed E-state index contributed by atoms with van der Waals surface area (Å²) in [5.74, 6) is 0. The molecule has 9 heteroatoms. The second kappa shape index (κ2) is 8.94. The van der Waals surface area contributed by atoms with E-state index in [2.05, 4.69) is 9.97 Å². The zero-order valence-electron chi connectivity index (χ0n) is 20.6. The first kappa shape index (κ1) is 23.9. The van der Waals surface area contributed by atoms with Crippen molar-refractivity contribution < 1.29 is 13.5 Å². The van der Waals surface area contributed by atoms with Gasteiger partial charge in [-0.1, -0.05) is 36.4 Å². The van der Waals surface area contributed by atoms with Gasteiger partial charge in [0, 0.05) is 52.2 Å². The van der Waals surface area contributed by atoms with E-state index in [0.29, 0.717) is 28.7 Å². The van der Waals surface area contributed by atoms with Crippen molar-refractivity contribution in [1.82, 2.24) is 18.9 Å². The Morgan fingerprint density at radius 3 is 2.72 bits per heavy atom. The van der Waals surface area contributed by atoms with E-state index < -0.39 is 15.6 Å². The molecule has 4 aromatic heterocycles. The summed E-state index contributed by atoms with van der Waals surface area (Å²) in [6, 6.07) is 21.8. The van der Waals surface area contributed by atoms with Crippen molar-refractivity contribution in [3.63, 3.8) is 0 Å². The van der Waals surface area contributed by atoms with Gasteiger partial charge in [-0.25, -0.2) is 22.4 Å².